The molecule has 33 heavy (non-hydrogen) atoms. The third-order valence-electron chi connectivity index (χ3n) is 6.33. The maximum absolute atomic E-state index is 13.4. The number of carbonyl (C=O) groups excluding carboxylic acids is 1. The van der Waals surface area contributed by atoms with Gasteiger partial charge in [-0.1, -0.05) is 18.2 Å². The summed E-state index contributed by atoms with van der Waals surface area (Å²) in [6, 6.07) is 13.9. The first-order valence-electron chi connectivity index (χ1n) is 11.2. The molecule has 2 aromatic carbocycles. The quantitative estimate of drug-likeness (QED) is 0.601. The van der Waals surface area contributed by atoms with E-state index in [1.54, 1.807) is 13.3 Å². The third kappa shape index (κ3) is 4.85. The summed E-state index contributed by atoms with van der Waals surface area (Å²) in [5, 5.41) is 16.3. The van der Waals surface area contributed by atoms with Crippen LogP contribution in [0.3, 0.4) is 0 Å². The van der Waals surface area contributed by atoms with E-state index in [1.807, 2.05) is 55.1 Å². The normalized spacial score (nSPS) is 14.5. The van der Waals surface area contributed by atoms with Crippen molar-refractivity contribution < 1.29 is 4.79 Å². The smallest absolute Gasteiger partial charge is 0.254 e. The van der Waals surface area contributed by atoms with Gasteiger partial charge in [0.05, 0.1) is 11.6 Å². The highest BCUT2D eigenvalue weighted by atomic mass is 16.2. The van der Waals surface area contributed by atoms with Gasteiger partial charge in [0, 0.05) is 43.9 Å². The Labute approximate surface area is 194 Å². The summed E-state index contributed by atoms with van der Waals surface area (Å²) in [7, 11) is 1.73. The van der Waals surface area contributed by atoms with E-state index in [1.165, 1.54) is 5.56 Å². The number of H-pyrrole nitrogens is 1. The number of amides is 1. The third-order valence-corrected chi connectivity index (χ3v) is 6.33. The molecule has 1 N–H and O–H groups in total. The van der Waals surface area contributed by atoms with Crippen LogP contribution in [0.4, 0.5) is 0 Å². The standard InChI is InChI=1S/C26H28N6O/c1-17-14-18(2)23(15-22(17)25-29-24(30-31-25)8-11-28-3)26(33)32-12-9-21(10-13-32)20-6-4-19(16-27)5-7-20/h4-7,11,14-15,21H,8-10,12-13H2,1-3H3,(H,29,30,31). The van der Waals surface area contributed by atoms with Gasteiger partial charge >= 0.3 is 0 Å². The van der Waals surface area contributed by atoms with E-state index in [2.05, 4.69) is 26.2 Å². The van der Waals surface area contributed by atoms with Crippen molar-refractivity contribution in [2.24, 2.45) is 4.99 Å². The molecule has 2 heterocycles. The van der Waals surface area contributed by atoms with Crippen molar-refractivity contribution in [3.63, 3.8) is 0 Å². The molecule has 0 saturated carbocycles. The summed E-state index contributed by atoms with van der Waals surface area (Å²) in [6.07, 6.45) is 4.20. The molecule has 0 radical (unpaired) electrons. The number of hydrogen-bond donors (Lipinski definition) is 1. The highest BCUT2D eigenvalue weighted by Gasteiger charge is 2.26. The molecule has 1 aliphatic rings. The number of piperidine rings is 1. The summed E-state index contributed by atoms with van der Waals surface area (Å²) >= 11 is 0. The Kier molecular flexibility index (Phi) is 6.64. The van der Waals surface area contributed by atoms with Gasteiger partial charge in [0.25, 0.3) is 5.91 Å². The number of aromatic amines is 1. The molecule has 1 amide bonds. The largest absolute Gasteiger partial charge is 0.339 e. The molecule has 1 aliphatic heterocycles. The van der Waals surface area contributed by atoms with Crippen LogP contribution in [0, 0.1) is 25.2 Å². The van der Waals surface area contributed by atoms with Gasteiger partial charge in [0.15, 0.2) is 5.82 Å². The Morgan fingerprint density at radius 3 is 2.61 bits per heavy atom. The number of aryl methyl sites for hydroxylation is 2. The maximum Gasteiger partial charge on any atom is 0.254 e. The fourth-order valence-corrected chi connectivity index (χ4v) is 4.42. The molecule has 1 saturated heterocycles. The molecular formula is C26H28N6O. The molecule has 7 heteroatoms. The first-order valence-corrected chi connectivity index (χ1v) is 11.2. The lowest BCUT2D eigenvalue weighted by Crippen LogP contribution is -2.38. The minimum absolute atomic E-state index is 0.0564. The molecule has 0 atom stereocenters. The molecule has 0 unspecified atom stereocenters. The summed E-state index contributed by atoms with van der Waals surface area (Å²) in [5.74, 6) is 1.81. The first kappa shape index (κ1) is 22.4. The van der Waals surface area contributed by atoms with Crippen molar-refractivity contribution in [1.82, 2.24) is 20.1 Å². The van der Waals surface area contributed by atoms with Gasteiger partial charge < -0.3 is 9.89 Å². The number of aliphatic imine (C=N–C) groups is 1. The van der Waals surface area contributed by atoms with E-state index in [-0.39, 0.29) is 5.91 Å². The molecule has 0 spiro atoms. The van der Waals surface area contributed by atoms with E-state index in [0.29, 0.717) is 42.4 Å². The highest BCUT2D eigenvalue weighted by molar-refractivity contribution is 5.97. The van der Waals surface area contributed by atoms with Crippen LogP contribution in [0.2, 0.25) is 0 Å². The van der Waals surface area contributed by atoms with Crippen molar-refractivity contribution in [2.75, 3.05) is 20.1 Å². The number of benzene rings is 2. The highest BCUT2D eigenvalue weighted by Crippen LogP contribution is 2.30. The number of nitrogens with zero attached hydrogens (tertiary/aromatic N) is 5. The van der Waals surface area contributed by atoms with E-state index < -0.39 is 0 Å². The molecule has 7 nitrogen and oxygen atoms in total. The molecule has 1 aromatic heterocycles. The van der Waals surface area contributed by atoms with E-state index in [0.717, 1.165) is 35.4 Å². The number of likely N-dealkylation sites (tertiary alicyclic amines) is 1. The zero-order valence-electron chi connectivity index (χ0n) is 19.3. The van der Waals surface area contributed by atoms with Gasteiger partial charge in [-0.25, -0.2) is 4.98 Å². The van der Waals surface area contributed by atoms with E-state index >= 15 is 0 Å². The lowest BCUT2D eigenvalue weighted by atomic mass is 9.88. The summed E-state index contributed by atoms with van der Waals surface area (Å²) in [4.78, 5) is 23.9. The number of rotatable bonds is 5. The maximum atomic E-state index is 13.4. The van der Waals surface area contributed by atoms with Crippen LogP contribution in [0.1, 0.15) is 57.2 Å². The lowest BCUT2D eigenvalue weighted by molar-refractivity contribution is 0.0712. The Bertz CT molecular complexity index is 1210. The predicted molar refractivity (Wildman–Crippen MR) is 128 cm³/mol. The van der Waals surface area contributed by atoms with Crippen LogP contribution in [0.15, 0.2) is 41.4 Å². The molecule has 1 fully saturated rings. The van der Waals surface area contributed by atoms with Crippen molar-refractivity contribution in [3.8, 4) is 17.5 Å². The monoisotopic (exact) mass is 440 g/mol. The second kappa shape index (κ2) is 9.78. The molecule has 3 aromatic rings. The minimum atomic E-state index is 0.0564. The van der Waals surface area contributed by atoms with Gasteiger partial charge in [0.2, 0.25) is 0 Å². The van der Waals surface area contributed by atoms with Crippen molar-refractivity contribution in [3.05, 3.63) is 70.0 Å². The van der Waals surface area contributed by atoms with Gasteiger partial charge in [-0.3, -0.25) is 9.89 Å². The Morgan fingerprint density at radius 1 is 1.21 bits per heavy atom. The van der Waals surface area contributed by atoms with Gasteiger partial charge in [-0.05, 0) is 67.5 Å². The molecule has 0 bridgehead atoms. The minimum Gasteiger partial charge on any atom is -0.339 e. The van der Waals surface area contributed by atoms with Crippen molar-refractivity contribution in [1.29, 1.82) is 5.26 Å². The van der Waals surface area contributed by atoms with Crippen LogP contribution in [-0.2, 0) is 6.42 Å². The number of hydrogen-bond acceptors (Lipinski definition) is 5. The van der Waals surface area contributed by atoms with Gasteiger partial charge in [-0.2, -0.15) is 10.4 Å². The van der Waals surface area contributed by atoms with E-state index in [4.69, 9.17) is 5.26 Å². The Balaban J connectivity index is 1.49. The number of carbonyl (C=O) groups is 1. The second-order valence-corrected chi connectivity index (χ2v) is 8.53. The van der Waals surface area contributed by atoms with Crippen LogP contribution >= 0.6 is 0 Å². The molecule has 0 aliphatic carbocycles. The lowest BCUT2D eigenvalue weighted by Gasteiger charge is -2.32. The molecular weight excluding hydrogens is 412 g/mol. The number of aromatic nitrogens is 3. The van der Waals surface area contributed by atoms with Crippen LogP contribution in [0.5, 0.6) is 0 Å². The first-order chi connectivity index (χ1) is 16.0. The molecule has 4 rings (SSSR count). The Morgan fingerprint density at radius 2 is 1.94 bits per heavy atom. The number of nitriles is 1. The van der Waals surface area contributed by atoms with Gasteiger partial charge in [-0.15, -0.1) is 0 Å². The zero-order valence-corrected chi connectivity index (χ0v) is 19.3. The van der Waals surface area contributed by atoms with Crippen molar-refractivity contribution >= 4 is 12.1 Å². The summed E-state index contributed by atoms with van der Waals surface area (Å²) < 4.78 is 0. The average Bonchev–Trinajstić information content (AvgIpc) is 3.31. The van der Waals surface area contributed by atoms with Crippen molar-refractivity contribution in [2.45, 2.75) is 39.0 Å². The van der Waals surface area contributed by atoms with Gasteiger partial charge in [0.1, 0.15) is 5.82 Å². The van der Waals surface area contributed by atoms with E-state index in [9.17, 15) is 4.79 Å². The fourth-order valence-electron chi connectivity index (χ4n) is 4.42. The number of nitrogens with one attached hydrogen (secondary N) is 1. The van der Waals surface area contributed by atoms with Crippen LogP contribution < -0.4 is 0 Å². The van der Waals surface area contributed by atoms with Crippen LogP contribution in [-0.4, -0.2) is 52.3 Å². The molecule has 168 valence electrons. The second-order valence-electron chi connectivity index (χ2n) is 8.53. The average molecular weight is 441 g/mol. The topological polar surface area (TPSA) is 98.0 Å². The SMILES string of the molecule is CN=CCc1nc(-c2cc(C(=O)N3CCC(c4ccc(C#N)cc4)CC3)c(C)cc2C)n[nH]1. The predicted octanol–water partition coefficient (Wildman–Crippen LogP) is 4.22. The summed E-state index contributed by atoms with van der Waals surface area (Å²) in [5.41, 5.74) is 5.49. The Hall–Kier alpha value is -3.79. The summed E-state index contributed by atoms with van der Waals surface area (Å²) in [6.45, 7) is 5.43. The van der Waals surface area contributed by atoms with Crippen LogP contribution in [0.25, 0.3) is 11.4 Å². The zero-order chi connectivity index (χ0) is 23.4. The fraction of sp³-hybridized carbons (Fsp3) is 0.346.